The molecule has 0 radical (unpaired) electrons. The van der Waals surface area contributed by atoms with Gasteiger partial charge in [-0.3, -0.25) is 4.79 Å². The van der Waals surface area contributed by atoms with Crippen LogP contribution in [0.4, 0.5) is 0 Å². The summed E-state index contributed by atoms with van der Waals surface area (Å²) in [6.45, 7) is 3.88. The fourth-order valence-corrected chi connectivity index (χ4v) is 4.00. The number of hydrogen-bond acceptors (Lipinski definition) is 6. The van der Waals surface area contributed by atoms with Gasteiger partial charge in [-0.1, -0.05) is 23.5 Å². The molecule has 0 aliphatic carbocycles. The third-order valence-corrected chi connectivity index (χ3v) is 5.26. The maximum absolute atomic E-state index is 12.7. The molecule has 6 heteroatoms. The third kappa shape index (κ3) is 3.75. The Morgan fingerprint density at radius 3 is 2.36 bits per heavy atom. The number of thioether (sulfide) groups is 2. The second-order valence-electron chi connectivity index (χ2n) is 4.39. The van der Waals surface area contributed by atoms with Crippen LogP contribution in [-0.4, -0.2) is 25.5 Å². The predicted molar refractivity (Wildman–Crippen MR) is 89.9 cm³/mol. The number of ketones is 1. The molecule has 2 rings (SSSR count). The zero-order valence-electron chi connectivity index (χ0n) is 12.5. The molecular formula is C16H16O4S2. The first-order valence-electron chi connectivity index (χ1n) is 6.68. The smallest absolute Gasteiger partial charge is 0.343 e. The number of allylic oxidation sites excluding steroid dienone is 1. The molecular weight excluding hydrogens is 320 g/mol. The van der Waals surface area contributed by atoms with E-state index in [0.29, 0.717) is 15.6 Å². The van der Waals surface area contributed by atoms with E-state index in [1.165, 1.54) is 23.5 Å². The van der Waals surface area contributed by atoms with E-state index in [-0.39, 0.29) is 18.0 Å². The molecule has 1 aromatic rings. The topological polar surface area (TPSA) is 52.6 Å². The Balaban J connectivity index is 2.36. The minimum absolute atomic E-state index is 0.0927. The van der Waals surface area contributed by atoms with Gasteiger partial charge in [0.15, 0.2) is 0 Å². The molecule has 0 amide bonds. The molecule has 22 heavy (non-hydrogen) atoms. The van der Waals surface area contributed by atoms with Gasteiger partial charge in [0.1, 0.15) is 11.3 Å². The Morgan fingerprint density at radius 1 is 1.18 bits per heavy atom. The Morgan fingerprint density at radius 2 is 1.86 bits per heavy atom. The lowest BCUT2D eigenvalue weighted by molar-refractivity contribution is -0.138. The Kier molecular flexibility index (Phi) is 5.74. The second kappa shape index (κ2) is 7.56. The fraction of sp³-hybridized carbons (Fsp3) is 0.250. The van der Waals surface area contributed by atoms with Crippen molar-refractivity contribution in [2.75, 3.05) is 13.7 Å². The van der Waals surface area contributed by atoms with Gasteiger partial charge in [0, 0.05) is 5.56 Å². The van der Waals surface area contributed by atoms with Crippen LogP contribution < -0.4 is 4.74 Å². The molecule has 1 aliphatic rings. The van der Waals surface area contributed by atoms with E-state index in [2.05, 4.69) is 0 Å². The first-order chi connectivity index (χ1) is 10.6. The molecule has 0 saturated heterocycles. The summed E-state index contributed by atoms with van der Waals surface area (Å²) in [6, 6.07) is 6.68. The van der Waals surface area contributed by atoms with Crippen LogP contribution in [0.15, 0.2) is 44.4 Å². The largest absolute Gasteiger partial charge is 0.497 e. The van der Waals surface area contributed by atoms with E-state index in [1.807, 2.05) is 12.3 Å². The first kappa shape index (κ1) is 16.7. The summed E-state index contributed by atoms with van der Waals surface area (Å²) >= 11 is 2.79. The van der Waals surface area contributed by atoms with Crippen LogP contribution in [0.3, 0.4) is 0 Å². The van der Waals surface area contributed by atoms with Crippen molar-refractivity contribution in [3.05, 3.63) is 50.0 Å². The summed E-state index contributed by atoms with van der Waals surface area (Å²) in [5, 5.41) is 1.92. The summed E-state index contributed by atoms with van der Waals surface area (Å²) in [5.41, 5.74) is 0.525. The minimum atomic E-state index is -0.582. The van der Waals surface area contributed by atoms with Gasteiger partial charge >= 0.3 is 5.97 Å². The van der Waals surface area contributed by atoms with Gasteiger partial charge in [0.05, 0.1) is 18.0 Å². The Bertz CT molecular complexity index is 645. The van der Waals surface area contributed by atoms with Crippen LogP contribution in [0.25, 0.3) is 0 Å². The highest BCUT2D eigenvalue weighted by molar-refractivity contribution is 8.28. The number of esters is 1. The lowest BCUT2D eigenvalue weighted by Crippen LogP contribution is -2.17. The predicted octanol–water partition coefficient (Wildman–Crippen LogP) is 3.99. The van der Waals surface area contributed by atoms with Crippen LogP contribution in [0.1, 0.15) is 24.2 Å². The van der Waals surface area contributed by atoms with E-state index >= 15 is 0 Å². The summed E-state index contributed by atoms with van der Waals surface area (Å²) in [4.78, 5) is 26.0. The van der Waals surface area contributed by atoms with Crippen LogP contribution in [0.5, 0.6) is 5.75 Å². The monoisotopic (exact) mass is 336 g/mol. The van der Waals surface area contributed by atoms with E-state index in [9.17, 15) is 9.59 Å². The van der Waals surface area contributed by atoms with Crippen molar-refractivity contribution < 1.29 is 19.1 Å². The highest BCUT2D eigenvalue weighted by Gasteiger charge is 2.28. The number of hydrogen-bond donors (Lipinski definition) is 0. The standard InChI is InChI=1S/C16H16O4S2/c1-4-20-15(18)13(16-21-9-10(2)22-16)14(17)11-5-7-12(19-3)8-6-11/h5-9H,4H2,1-3H3/b16-13+. The van der Waals surface area contributed by atoms with Gasteiger partial charge in [-0.15, -0.1) is 0 Å². The van der Waals surface area contributed by atoms with Crippen molar-refractivity contribution in [3.63, 3.8) is 0 Å². The van der Waals surface area contributed by atoms with Crippen molar-refractivity contribution in [1.29, 1.82) is 0 Å². The highest BCUT2D eigenvalue weighted by Crippen LogP contribution is 2.45. The first-order valence-corrected chi connectivity index (χ1v) is 8.37. The van der Waals surface area contributed by atoms with E-state index in [0.717, 1.165) is 4.91 Å². The quantitative estimate of drug-likeness (QED) is 0.266. The summed E-state index contributed by atoms with van der Waals surface area (Å²) in [6.07, 6.45) is 0. The van der Waals surface area contributed by atoms with Gasteiger partial charge in [0.25, 0.3) is 0 Å². The van der Waals surface area contributed by atoms with Crippen molar-refractivity contribution >= 4 is 35.3 Å². The lowest BCUT2D eigenvalue weighted by Gasteiger charge is -2.09. The van der Waals surface area contributed by atoms with Crippen molar-refractivity contribution in [2.24, 2.45) is 0 Å². The molecule has 0 spiro atoms. The number of ether oxygens (including phenoxy) is 2. The van der Waals surface area contributed by atoms with Crippen LogP contribution >= 0.6 is 23.5 Å². The molecule has 0 N–H and O–H groups in total. The molecule has 1 heterocycles. The maximum atomic E-state index is 12.7. The average molecular weight is 336 g/mol. The number of carbonyl (C=O) groups is 2. The molecule has 0 fully saturated rings. The lowest BCUT2D eigenvalue weighted by atomic mass is 10.0. The molecule has 4 nitrogen and oxygen atoms in total. The summed E-state index contributed by atoms with van der Waals surface area (Å²) in [7, 11) is 1.56. The summed E-state index contributed by atoms with van der Waals surface area (Å²) < 4.78 is 10.8. The molecule has 0 bridgehead atoms. The van der Waals surface area contributed by atoms with Crippen LogP contribution in [0, 0.1) is 0 Å². The molecule has 1 aromatic carbocycles. The van der Waals surface area contributed by atoms with Gasteiger partial charge < -0.3 is 9.47 Å². The van der Waals surface area contributed by atoms with Crippen LogP contribution in [0.2, 0.25) is 0 Å². The number of Topliss-reactive ketones (excluding diaryl/α,β-unsaturated/α-hetero) is 1. The van der Waals surface area contributed by atoms with Crippen LogP contribution in [-0.2, 0) is 9.53 Å². The highest BCUT2D eigenvalue weighted by atomic mass is 32.2. The van der Waals surface area contributed by atoms with Crippen molar-refractivity contribution in [2.45, 2.75) is 13.8 Å². The second-order valence-corrected chi connectivity index (χ2v) is 6.78. The molecule has 0 unspecified atom stereocenters. The van der Waals surface area contributed by atoms with Crippen molar-refractivity contribution in [3.8, 4) is 5.75 Å². The normalized spacial score (nSPS) is 16.0. The van der Waals surface area contributed by atoms with Gasteiger partial charge in [0.2, 0.25) is 5.78 Å². The third-order valence-electron chi connectivity index (χ3n) is 2.85. The van der Waals surface area contributed by atoms with E-state index < -0.39 is 5.97 Å². The molecule has 0 atom stereocenters. The SMILES string of the molecule is CCOC(=O)/C(C(=O)c1ccc(OC)cc1)=C1\SC=C(C)S1. The maximum Gasteiger partial charge on any atom is 0.343 e. The number of methoxy groups -OCH3 is 1. The van der Waals surface area contributed by atoms with Gasteiger partial charge in [-0.2, -0.15) is 0 Å². The molecule has 116 valence electrons. The van der Waals surface area contributed by atoms with Gasteiger partial charge in [-0.25, -0.2) is 4.79 Å². The molecule has 1 aliphatic heterocycles. The number of benzene rings is 1. The van der Waals surface area contributed by atoms with Gasteiger partial charge in [-0.05, 0) is 48.4 Å². The molecule has 0 saturated carbocycles. The van der Waals surface area contributed by atoms with E-state index in [1.54, 1.807) is 38.3 Å². The Hall–Kier alpha value is -1.66. The average Bonchev–Trinajstić information content (AvgIpc) is 2.94. The molecule has 0 aromatic heterocycles. The van der Waals surface area contributed by atoms with E-state index in [4.69, 9.17) is 9.47 Å². The minimum Gasteiger partial charge on any atom is -0.497 e. The number of carbonyl (C=O) groups excluding carboxylic acids is 2. The zero-order valence-corrected chi connectivity index (χ0v) is 14.2. The zero-order chi connectivity index (χ0) is 16.1. The summed E-state index contributed by atoms with van der Waals surface area (Å²) in [5.74, 6) is -0.260. The van der Waals surface area contributed by atoms with Crippen molar-refractivity contribution in [1.82, 2.24) is 0 Å². The number of rotatable bonds is 5. The Labute approximate surface area is 137 Å². The fourth-order valence-electron chi connectivity index (χ4n) is 1.80.